The van der Waals surface area contributed by atoms with Gasteiger partial charge < -0.3 is 44.0 Å². The van der Waals surface area contributed by atoms with Crippen molar-refractivity contribution in [3.63, 3.8) is 0 Å². The highest BCUT2D eigenvalue weighted by atomic mass is 32.1. The summed E-state index contributed by atoms with van der Waals surface area (Å²) in [6, 6.07) is 38.8. The Kier molecular flexibility index (Phi) is 16.0. The Morgan fingerprint density at radius 1 is 0.493 bits per heavy atom. The summed E-state index contributed by atoms with van der Waals surface area (Å²) in [4.78, 5) is 62.2. The van der Waals surface area contributed by atoms with E-state index in [0.29, 0.717) is 44.2 Å². The maximum absolute atomic E-state index is 14.3. The second-order valence-electron chi connectivity index (χ2n) is 18.1. The molecule has 6 aromatic carbocycles. The van der Waals surface area contributed by atoms with Crippen molar-refractivity contribution in [1.29, 1.82) is 0 Å². The first-order chi connectivity index (χ1) is 34.1. The molecular weight excluding hydrogens is 937 g/mol. The van der Waals surface area contributed by atoms with E-state index in [1.165, 1.54) is 22.7 Å². The number of benzene rings is 6. The first kappa shape index (κ1) is 50.5. The average molecular weight is 995 g/mol. The van der Waals surface area contributed by atoms with Crippen molar-refractivity contribution in [2.24, 2.45) is 0 Å². The SMILES string of the molecule is CC(COCC(C)N(CC(O)COc1ccc2sc3ccccc3c(=O)c2c1)C(=O)c1ccc(N(C)C)cc1)N(CC(O)COc1ccc2sc3ccccc3c(=O)c2c1)C(=O)c1ccc(N(C)C)cc1. The lowest BCUT2D eigenvalue weighted by Crippen LogP contribution is -2.48. The molecule has 2 aromatic heterocycles. The Morgan fingerprint density at radius 3 is 1.24 bits per heavy atom. The fraction of sp³-hybridized carbons (Fsp3) is 0.286. The number of carbonyl (C=O) groups excluding carboxylic acids is 2. The highest BCUT2D eigenvalue weighted by Gasteiger charge is 2.28. The molecule has 4 atom stereocenters. The van der Waals surface area contributed by atoms with Crippen molar-refractivity contribution < 1.29 is 34.0 Å². The van der Waals surface area contributed by atoms with Gasteiger partial charge in [0.1, 0.15) is 36.9 Å². The number of anilines is 2. The molecule has 0 radical (unpaired) electrons. The predicted octanol–water partition coefficient (Wildman–Crippen LogP) is 8.53. The summed E-state index contributed by atoms with van der Waals surface area (Å²) in [5.74, 6) is 0.204. The number of aliphatic hydroxyl groups excluding tert-OH is 2. The molecule has 2 heterocycles. The predicted molar refractivity (Wildman–Crippen MR) is 288 cm³/mol. The molecule has 15 heteroatoms. The van der Waals surface area contributed by atoms with Crippen LogP contribution in [0, 0.1) is 0 Å². The normalized spacial score (nSPS) is 13.2. The van der Waals surface area contributed by atoms with Crippen LogP contribution in [0.4, 0.5) is 11.4 Å². The quantitative estimate of drug-likeness (QED) is 0.0708. The third-order valence-corrected chi connectivity index (χ3v) is 14.7. The van der Waals surface area contributed by atoms with E-state index >= 15 is 0 Å². The molecule has 8 rings (SSSR count). The molecular formula is C56H58N4O9S2. The van der Waals surface area contributed by atoms with Crippen LogP contribution in [0.1, 0.15) is 34.6 Å². The number of fused-ring (bicyclic) bond motifs is 4. The molecule has 8 aromatic rings. The Morgan fingerprint density at radius 2 is 0.859 bits per heavy atom. The molecule has 71 heavy (non-hydrogen) atoms. The summed E-state index contributed by atoms with van der Waals surface area (Å²) < 4.78 is 21.8. The fourth-order valence-electron chi connectivity index (χ4n) is 8.34. The lowest BCUT2D eigenvalue weighted by atomic mass is 10.1. The van der Waals surface area contributed by atoms with Crippen LogP contribution in [0.15, 0.2) is 143 Å². The van der Waals surface area contributed by atoms with E-state index in [1.807, 2.05) is 125 Å². The minimum atomic E-state index is -1.11. The first-order valence-corrected chi connectivity index (χ1v) is 25.1. The van der Waals surface area contributed by atoms with Gasteiger partial charge >= 0.3 is 0 Å². The number of rotatable bonds is 20. The molecule has 4 unspecified atom stereocenters. The number of hydrogen-bond donors (Lipinski definition) is 2. The molecule has 368 valence electrons. The van der Waals surface area contributed by atoms with Crippen LogP contribution < -0.4 is 30.1 Å². The number of ether oxygens (including phenoxy) is 3. The summed E-state index contributed by atoms with van der Waals surface area (Å²) in [7, 11) is 7.66. The molecule has 0 aliphatic carbocycles. The van der Waals surface area contributed by atoms with Gasteiger partial charge in [-0.25, -0.2) is 0 Å². The Bertz CT molecular complexity index is 3070. The van der Waals surface area contributed by atoms with Gasteiger partial charge in [-0.1, -0.05) is 24.3 Å². The number of amides is 2. The lowest BCUT2D eigenvalue weighted by molar-refractivity contribution is 0.00180. The number of carbonyl (C=O) groups is 2. The van der Waals surface area contributed by atoms with Crippen molar-refractivity contribution in [2.75, 3.05) is 77.5 Å². The first-order valence-electron chi connectivity index (χ1n) is 23.4. The molecule has 13 nitrogen and oxygen atoms in total. The van der Waals surface area contributed by atoms with E-state index in [2.05, 4.69) is 0 Å². The molecule has 0 saturated heterocycles. The second kappa shape index (κ2) is 22.5. The van der Waals surface area contributed by atoms with E-state index in [1.54, 1.807) is 70.5 Å². The Balaban J connectivity index is 0.950. The van der Waals surface area contributed by atoms with E-state index < -0.39 is 24.3 Å². The maximum Gasteiger partial charge on any atom is 0.254 e. The van der Waals surface area contributed by atoms with Crippen LogP contribution >= 0.6 is 22.7 Å². The molecule has 0 bridgehead atoms. The van der Waals surface area contributed by atoms with Gasteiger partial charge in [-0.15, -0.1) is 22.7 Å². The molecule has 2 amide bonds. The van der Waals surface area contributed by atoms with Gasteiger partial charge in [0.2, 0.25) is 0 Å². The topological polar surface area (TPSA) is 149 Å². The van der Waals surface area contributed by atoms with Crippen LogP contribution in [-0.4, -0.2) is 124 Å². The third kappa shape index (κ3) is 11.8. The Hall–Kier alpha value is -6.88. The highest BCUT2D eigenvalue weighted by Crippen LogP contribution is 2.29. The number of nitrogens with zero attached hydrogens (tertiary/aromatic N) is 4. The summed E-state index contributed by atoms with van der Waals surface area (Å²) >= 11 is 3.04. The zero-order chi connectivity index (χ0) is 50.3. The fourth-order valence-corrected chi connectivity index (χ4v) is 10.4. The summed E-state index contributed by atoms with van der Waals surface area (Å²) in [6.07, 6.45) is -2.23. The third-order valence-electron chi connectivity index (χ3n) is 12.4. The van der Waals surface area contributed by atoms with Gasteiger partial charge in [0, 0.05) is 91.0 Å². The van der Waals surface area contributed by atoms with Crippen LogP contribution in [0.25, 0.3) is 40.3 Å². The standard InChI is InChI=1S/C56H58N4O9S2/c1-35(59(55(65)37-15-19-39(20-16-37)57(3)4)29-41(61)33-68-43-23-25-51-47(27-43)53(63)45-11-7-9-13-49(45)70-51)31-67-32-36(2)60(56(66)38-17-21-40(22-18-38)58(5)6)30-42(62)34-69-44-24-26-52-48(28-44)54(64)46-12-8-10-14-50(46)71-52/h7-28,35-36,41-42,61-62H,29-34H2,1-6H3. The molecule has 2 N–H and O–H groups in total. The van der Waals surface area contributed by atoms with E-state index in [0.717, 1.165) is 30.2 Å². The largest absolute Gasteiger partial charge is 0.491 e. The Labute approximate surface area is 420 Å². The smallest absolute Gasteiger partial charge is 0.254 e. The van der Waals surface area contributed by atoms with Gasteiger partial charge in [-0.2, -0.15) is 0 Å². The maximum atomic E-state index is 14.3. The van der Waals surface area contributed by atoms with Gasteiger partial charge in [0.05, 0.1) is 38.4 Å². The van der Waals surface area contributed by atoms with Crippen LogP contribution in [0.5, 0.6) is 11.5 Å². The van der Waals surface area contributed by atoms with Crippen molar-refractivity contribution in [2.45, 2.75) is 38.1 Å². The zero-order valence-corrected chi connectivity index (χ0v) is 42.2. The summed E-state index contributed by atoms with van der Waals surface area (Å²) in [6.45, 7) is 3.28. The lowest BCUT2D eigenvalue weighted by Gasteiger charge is -2.33. The minimum absolute atomic E-state index is 0.0521. The van der Waals surface area contributed by atoms with Crippen LogP contribution in [0.2, 0.25) is 0 Å². The average Bonchev–Trinajstić information content (AvgIpc) is 3.38. The highest BCUT2D eigenvalue weighted by molar-refractivity contribution is 7.25. The second-order valence-corrected chi connectivity index (χ2v) is 20.3. The van der Waals surface area contributed by atoms with Crippen LogP contribution in [0.3, 0.4) is 0 Å². The molecule has 0 fully saturated rings. The molecule has 0 aliphatic rings. The van der Waals surface area contributed by atoms with Gasteiger partial charge in [-0.3, -0.25) is 19.2 Å². The molecule has 0 spiro atoms. The van der Waals surface area contributed by atoms with Gasteiger partial charge in [0.15, 0.2) is 10.9 Å². The summed E-state index contributed by atoms with van der Waals surface area (Å²) in [5.41, 5.74) is 2.50. The van der Waals surface area contributed by atoms with Crippen molar-refractivity contribution in [3.8, 4) is 11.5 Å². The minimum Gasteiger partial charge on any atom is -0.491 e. The van der Waals surface area contributed by atoms with E-state index in [9.17, 15) is 29.4 Å². The molecule has 0 aliphatic heterocycles. The van der Waals surface area contributed by atoms with E-state index in [-0.39, 0.29) is 62.2 Å². The zero-order valence-electron chi connectivity index (χ0n) is 40.6. The van der Waals surface area contributed by atoms with E-state index in [4.69, 9.17) is 14.2 Å². The summed E-state index contributed by atoms with van der Waals surface area (Å²) in [5, 5.41) is 25.2. The number of aliphatic hydroxyl groups is 2. The monoisotopic (exact) mass is 994 g/mol. The number of hydrogen-bond acceptors (Lipinski definition) is 13. The van der Waals surface area contributed by atoms with Gasteiger partial charge in [-0.05, 0) is 123 Å². The van der Waals surface area contributed by atoms with Crippen LogP contribution in [-0.2, 0) is 4.74 Å². The van der Waals surface area contributed by atoms with Crippen molar-refractivity contribution >= 4 is 86.2 Å². The molecule has 0 saturated carbocycles. The van der Waals surface area contributed by atoms with Gasteiger partial charge in [0.25, 0.3) is 11.8 Å². The van der Waals surface area contributed by atoms with Crippen molar-refractivity contribution in [1.82, 2.24) is 9.80 Å². The van der Waals surface area contributed by atoms with Crippen molar-refractivity contribution in [3.05, 3.63) is 165 Å².